The summed E-state index contributed by atoms with van der Waals surface area (Å²) in [6, 6.07) is 19.5. The lowest BCUT2D eigenvalue weighted by Crippen LogP contribution is -2.17. The number of thiophene rings is 1. The third kappa shape index (κ3) is 9.64. The van der Waals surface area contributed by atoms with Gasteiger partial charge in [-0.3, -0.25) is 19.6 Å². The number of para-hydroxylation sites is 1. The molecule has 204 valence electrons. The van der Waals surface area contributed by atoms with Gasteiger partial charge in [-0.1, -0.05) is 45.0 Å². The molecule has 0 unspecified atom stereocenters. The molecule has 4 N–H and O–H groups in total. The molecular weight excluding hydrogens is 508 g/mol. The summed E-state index contributed by atoms with van der Waals surface area (Å²) in [5, 5.41) is 7.72. The Morgan fingerprint density at radius 3 is 2.33 bits per heavy atom. The first kappa shape index (κ1) is 31.2. The standard InChI is InChI=1S/C16H15NOS.C11H11N3O.C3H10N2/c1-16(2,3)12-4-5-14-10(7-12)6-11-8-13(9-18)19-15(11)17-14;1-12-8-10(13-2)11(15)14-9-6-4-3-5-7-9;1-5-3-2-4/h4-9H,1-3H3;3-8H,1-2H2,(H,14,15);5H,2-4H2,1H3/b;10-8-;. The van der Waals surface area contributed by atoms with E-state index in [1.165, 1.54) is 23.1 Å². The maximum Gasteiger partial charge on any atom is 0.275 e. The molecule has 2 aromatic heterocycles. The fraction of sp³-hybridized carbons (Fsp3) is 0.233. The lowest BCUT2D eigenvalue weighted by atomic mass is 9.86. The summed E-state index contributed by atoms with van der Waals surface area (Å²) < 4.78 is 0. The topological polar surface area (TPSA) is 122 Å². The molecule has 0 bridgehead atoms. The summed E-state index contributed by atoms with van der Waals surface area (Å²) in [7, 11) is 1.88. The Kier molecular flexibility index (Phi) is 12.3. The highest BCUT2D eigenvalue weighted by Gasteiger charge is 2.14. The van der Waals surface area contributed by atoms with Crippen molar-refractivity contribution in [2.45, 2.75) is 26.2 Å². The zero-order chi connectivity index (χ0) is 28.8. The summed E-state index contributed by atoms with van der Waals surface area (Å²) in [5.41, 5.74) is 8.32. The third-order valence-corrected chi connectivity index (χ3v) is 6.31. The van der Waals surface area contributed by atoms with Crippen LogP contribution in [0.2, 0.25) is 0 Å². The number of benzene rings is 2. The number of pyridine rings is 1. The zero-order valence-corrected chi connectivity index (χ0v) is 23.7. The van der Waals surface area contributed by atoms with E-state index in [-0.39, 0.29) is 17.0 Å². The van der Waals surface area contributed by atoms with Crippen molar-refractivity contribution >= 4 is 63.8 Å². The minimum atomic E-state index is -0.358. The summed E-state index contributed by atoms with van der Waals surface area (Å²) in [6.45, 7) is 14.8. The average Bonchev–Trinajstić information content (AvgIpc) is 3.33. The van der Waals surface area contributed by atoms with E-state index in [0.29, 0.717) is 5.69 Å². The molecule has 0 saturated carbocycles. The number of nitrogens with two attached hydrogens (primary N) is 1. The number of aliphatic imine (C=N–C) groups is 2. The van der Waals surface area contributed by atoms with Gasteiger partial charge >= 0.3 is 0 Å². The van der Waals surface area contributed by atoms with Crippen LogP contribution >= 0.6 is 11.3 Å². The van der Waals surface area contributed by atoms with Crippen molar-refractivity contribution in [3.63, 3.8) is 0 Å². The summed E-state index contributed by atoms with van der Waals surface area (Å²) in [6.07, 6.45) is 2.14. The number of fused-ring (bicyclic) bond motifs is 2. The second-order valence-electron chi connectivity index (χ2n) is 9.37. The number of hydrogen-bond acceptors (Lipinski definition) is 8. The van der Waals surface area contributed by atoms with Gasteiger partial charge < -0.3 is 16.4 Å². The van der Waals surface area contributed by atoms with Gasteiger partial charge in [-0.2, -0.15) is 0 Å². The highest BCUT2D eigenvalue weighted by Crippen LogP contribution is 2.30. The molecule has 2 aromatic carbocycles. The van der Waals surface area contributed by atoms with E-state index in [4.69, 9.17) is 5.73 Å². The number of rotatable bonds is 7. The first-order chi connectivity index (χ1) is 18.7. The van der Waals surface area contributed by atoms with Crippen molar-refractivity contribution in [1.82, 2.24) is 10.3 Å². The lowest BCUT2D eigenvalue weighted by Gasteiger charge is -2.19. The zero-order valence-electron chi connectivity index (χ0n) is 22.9. The average molecular weight is 545 g/mol. The van der Waals surface area contributed by atoms with Crippen LogP contribution in [0.4, 0.5) is 5.69 Å². The van der Waals surface area contributed by atoms with E-state index in [1.54, 1.807) is 12.1 Å². The van der Waals surface area contributed by atoms with Crippen molar-refractivity contribution in [1.29, 1.82) is 0 Å². The van der Waals surface area contributed by atoms with Crippen molar-refractivity contribution in [3.05, 3.63) is 83.0 Å². The van der Waals surface area contributed by atoms with Gasteiger partial charge in [0.05, 0.1) is 16.6 Å². The third-order valence-electron chi connectivity index (χ3n) is 5.34. The van der Waals surface area contributed by atoms with Crippen molar-refractivity contribution < 1.29 is 9.59 Å². The van der Waals surface area contributed by atoms with Gasteiger partial charge in [-0.05, 0) is 67.9 Å². The fourth-order valence-corrected chi connectivity index (χ4v) is 4.13. The summed E-state index contributed by atoms with van der Waals surface area (Å²) in [4.78, 5) is 35.7. The van der Waals surface area contributed by atoms with Gasteiger partial charge in [0.1, 0.15) is 10.5 Å². The number of anilines is 1. The van der Waals surface area contributed by atoms with Crippen molar-refractivity contribution in [2.24, 2.45) is 15.7 Å². The molecule has 0 atom stereocenters. The molecule has 39 heavy (non-hydrogen) atoms. The van der Waals surface area contributed by atoms with Gasteiger partial charge in [-0.15, -0.1) is 11.3 Å². The minimum absolute atomic E-state index is 0.131. The molecule has 9 heteroatoms. The Morgan fingerprint density at radius 2 is 1.79 bits per heavy atom. The smallest absolute Gasteiger partial charge is 0.275 e. The Labute approximate surface area is 233 Å². The minimum Gasteiger partial charge on any atom is -0.329 e. The van der Waals surface area contributed by atoms with E-state index in [9.17, 15) is 9.59 Å². The molecular formula is C30H36N6O2S. The summed E-state index contributed by atoms with van der Waals surface area (Å²) in [5.74, 6) is -0.358. The normalized spacial score (nSPS) is 11.1. The largest absolute Gasteiger partial charge is 0.329 e. The van der Waals surface area contributed by atoms with Gasteiger partial charge in [0, 0.05) is 29.5 Å². The second-order valence-corrected chi connectivity index (χ2v) is 10.4. The number of aromatic nitrogens is 1. The number of hydrogen-bond donors (Lipinski definition) is 3. The van der Waals surface area contributed by atoms with E-state index in [1.807, 2.05) is 31.3 Å². The second kappa shape index (κ2) is 15.4. The van der Waals surface area contributed by atoms with E-state index >= 15 is 0 Å². The van der Waals surface area contributed by atoms with E-state index in [0.717, 1.165) is 45.4 Å². The maximum absolute atomic E-state index is 11.5. The van der Waals surface area contributed by atoms with Gasteiger partial charge in [0.15, 0.2) is 6.29 Å². The SMILES string of the molecule is C=N/C=C(\N=C)C(=O)Nc1ccccc1.CC(C)(C)c1ccc2nc3sc(C=O)cc3cc2c1.CNCCN. The quantitative estimate of drug-likeness (QED) is 0.159. The Morgan fingerprint density at radius 1 is 1.08 bits per heavy atom. The molecule has 0 aliphatic heterocycles. The van der Waals surface area contributed by atoms with Crippen molar-refractivity contribution in [3.8, 4) is 0 Å². The number of amides is 1. The molecule has 4 aromatic rings. The first-order valence-electron chi connectivity index (χ1n) is 12.3. The summed E-state index contributed by atoms with van der Waals surface area (Å²) >= 11 is 1.44. The molecule has 0 saturated heterocycles. The van der Waals surface area contributed by atoms with Crippen LogP contribution in [0.25, 0.3) is 21.1 Å². The number of carbonyl (C=O) groups excluding carboxylic acids is 2. The van der Waals surface area contributed by atoms with Gasteiger partial charge in [-0.25, -0.2) is 4.98 Å². The van der Waals surface area contributed by atoms with E-state index < -0.39 is 0 Å². The Bertz CT molecular complexity index is 1440. The highest BCUT2D eigenvalue weighted by molar-refractivity contribution is 7.20. The van der Waals surface area contributed by atoms with Crippen LogP contribution < -0.4 is 16.4 Å². The first-order valence-corrected chi connectivity index (χ1v) is 13.1. The van der Waals surface area contributed by atoms with Crippen LogP contribution in [0, 0.1) is 0 Å². The van der Waals surface area contributed by atoms with Gasteiger partial charge in [0.25, 0.3) is 5.91 Å². The lowest BCUT2D eigenvalue weighted by molar-refractivity contribution is -0.112. The number of carbonyl (C=O) groups is 2. The monoisotopic (exact) mass is 544 g/mol. The van der Waals surface area contributed by atoms with Crippen LogP contribution in [0.15, 0.2) is 82.5 Å². The molecule has 8 nitrogen and oxygen atoms in total. The number of nitrogens with one attached hydrogen (secondary N) is 2. The van der Waals surface area contributed by atoms with Crippen LogP contribution in [-0.2, 0) is 10.2 Å². The van der Waals surface area contributed by atoms with Crippen LogP contribution in [0.5, 0.6) is 0 Å². The Hall–Kier alpha value is -4.05. The fourth-order valence-electron chi connectivity index (χ4n) is 3.30. The van der Waals surface area contributed by atoms with Crippen LogP contribution in [-0.4, -0.2) is 50.7 Å². The van der Waals surface area contributed by atoms with E-state index in [2.05, 4.69) is 84.1 Å². The highest BCUT2D eigenvalue weighted by atomic mass is 32.1. The number of aldehydes is 1. The molecule has 0 fully saturated rings. The predicted octanol–water partition coefficient (Wildman–Crippen LogP) is 5.59. The Balaban J connectivity index is 0.000000239. The molecule has 2 heterocycles. The molecule has 1 amide bonds. The predicted molar refractivity (Wildman–Crippen MR) is 166 cm³/mol. The van der Waals surface area contributed by atoms with Gasteiger partial charge in [0.2, 0.25) is 0 Å². The number of nitrogens with zero attached hydrogens (tertiary/aromatic N) is 3. The van der Waals surface area contributed by atoms with Crippen molar-refractivity contribution in [2.75, 3.05) is 25.5 Å². The molecule has 0 aliphatic carbocycles. The molecule has 0 spiro atoms. The molecule has 0 radical (unpaired) electrons. The molecule has 0 aliphatic rings. The maximum atomic E-state index is 11.5. The number of likely N-dealkylation sites (N-methyl/N-ethyl adjacent to an activating group) is 1. The van der Waals surface area contributed by atoms with Crippen LogP contribution in [0.3, 0.4) is 0 Å². The van der Waals surface area contributed by atoms with Crippen LogP contribution in [0.1, 0.15) is 36.0 Å². The molecule has 4 rings (SSSR count).